The van der Waals surface area contributed by atoms with Gasteiger partial charge in [-0.3, -0.25) is 0 Å². The average Bonchev–Trinajstić information content (AvgIpc) is 2.28. The largest absolute Gasteiger partial charge is 0.355 e. The molecular formula is C13H24N4. The number of aryl methyl sites for hydroxylation is 1. The number of nitrogens with zero attached hydrogens (tertiary/aromatic N) is 3. The maximum atomic E-state index is 5.65. The number of aromatic nitrogens is 2. The van der Waals surface area contributed by atoms with E-state index >= 15 is 0 Å². The van der Waals surface area contributed by atoms with Gasteiger partial charge in [0.05, 0.1) is 0 Å². The third-order valence-corrected chi connectivity index (χ3v) is 2.59. The van der Waals surface area contributed by atoms with E-state index in [2.05, 4.69) is 35.6 Å². The molecular weight excluding hydrogens is 212 g/mol. The first-order chi connectivity index (χ1) is 8.08. The maximum absolute atomic E-state index is 5.65. The first-order valence-corrected chi connectivity index (χ1v) is 6.39. The van der Waals surface area contributed by atoms with E-state index in [1.54, 1.807) is 0 Å². The minimum Gasteiger partial charge on any atom is -0.355 e. The minimum absolute atomic E-state index is 0.356. The van der Waals surface area contributed by atoms with Crippen LogP contribution in [-0.4, -0.2) is 29.6 Å². The molecule has 0 saturated heterocycles. The summed E-state index contributed by atoms with van der Waals surface area (Å²) in [6.07, 6.45) is 1.10. The fourth-order valence-corrected chi connectivity index (χ4v) is 1.76. The number of rotatable bonds is 6. The Bertz CT molecular complexity index is 343. The van der Waals surface area contributed by atoms with Crippen molar-refractivity contribution in [3.05, 3.63) is 17.6 Å². The number of hydrogen-bond donors (Lipinski definition) is 1. The van der Waals surface area contributed by atoms with Crippen molar-refractivity contribution < 1.29 is 0 Å². The van der Waals surface area contributed by atoms with Crippen LogP contribution in [0.2, 0.25) is 0 Å². The molecule has 0 atom stereocenters. The molecule has 0 radical (unpaired) electrons. The fourth-order valence-electron chi connectivity index (χ4n) is 1.76. The quantitative estimate of drug-likeness (QED) is 0.821. The van der Waals surface area contributed by atoms with Gasteiger partial charge in [0.2, 0.25) is 0 Å². The summed E-state index contributed by atoms with van der Waals surface area (Å²) in [5.74, 6) is 2.28. The van der Waals surface area contributed by atoms with E-state index in [0.29, 0.717) is 12.5 Å². The summed E-state index contributed by atoms with van der Waals surface area (Å²) in [4.78, 5) is 11.3. The molecule has 4 heteroatoms. The predicted molar refractivity (Wildman–Crippen MR) is 72.4 cm³/mol. The van der Waals surface area contributed by atoms with E-state index in [1.807, 2.05) is 13.0 Å². The Hall–Kier alpha value is -1.16. The highest BCUT2D eigenvalue weighted by atomic mass is 15.2. The van der Waals surface area contributed by atoms with Gasteiger partial charge in [0.1, 0.15) is 11.6 Å². The van der Waals surface area contributed by atoms with Crippen LogP contribution < -0.4 is 10.6 Å². The van der Waals surface area contributed by atoms with Gasteiger partial charge in [0.15, 0.2) is 0 Å². The topological polar surface area (TPSA) is 55.0 Å². The Balaban J connectivity index is 3.00. The molecule has 0 aliphatic rings. The highest BCUT2D eigenvalue weighted by molar-refractivity contribution is 5.40. The molecule has 0 aliphatic heterocycles. The molecule has 0 saturated carbocycles. The fraction of sp³-hybridized carbons (Fsp3) is 0.692. The summed E-state index contributed by atoms with van der Waals surface area (Å²) in [6, 6.07) is 2.04. The van der Waals surface area contributed by atoms with Crippen LogP contribution in [-0.2, 0) is 0 Å². The number of anilines is 1. The van der Waals surface area contributed by atoms with Gasteiger partial charge in [0.25, 0.3) is 0 Å². The van der Waals surface area contributed by atoms with Crippen LogP contribution in [0.15, 0.2) is 6.07 Å². The Labute approximate surface area is 104 Å². The van der Waals surface area contributed by atoms with Crippen molar-refractivity contribution in [1.82, 2.24) is 9.97 Å². The van der Waals surface area contributed by atoms with E-state index in [9.17, 15) is 0 Å². The van der Waals surface area contributed by atoms with E-state index in [4.69, 9.17) is 5.73 Å². The molecule has 0 unspecified atom stereocenters. The SMILES string of the molecule is CCCN(CCN)c1cc(C)nc(C(C)C)n1. The Kier molecular flexibility index (Phi) is 5.35. The summed E-state index contributed by atoms with van der Waals surface area (Å²) in [6.45, 7) is 10.9. The summed E-state index contributed by atoms with van der Waals surface area (Å²) in [5, 5.41) is 0. The van der Waals surface area contributed by atoms with E-state index in [-0.39, 0.29) is 0 Å². The Morgan fingerprint density at radius 1 is 1.29 bits per heavy atom. The standard InChI is InChI=1S/C13H24N4/c1-5-7-17(8-6-14)12-9-11(4)15-13(16-12)10(2)3/h9-10H,5-8,14H2,1-4H3. The van der Waals surface area contributed by atoms with Crippen molar-refractivity contribution in [2.75, 3.05) is 24.5 Å². The van der Waals surface area contributed by atoms with Crippen LogP contribution in [0.4, 0.5) is 5.82 Å². The lowest BCUT2D eigenvalue weighted by atomic mass is 10.2. The van der Waals surface area contributed by atoms with E-state index < -0.39 is 0 Å². The lowest BCUT2D eigenvalue weighted by molar-refractivity contribution is 0.720. The molecule has 1 rings (SSSR count). The highest BCUT2D eigenvalue weighted by Crippen LogP contribution is 2.17. The molecule has 0 aromatic carbocycles. The zero-order chi connectivity index (χ0) is 12.8. The van der Waals surface area contributed by atoms with Gasteiger partial charge in [0, 0.05) is 37.3 Å². The molecule has 1 aromatic heterocycles. The van der Waals surface area contributed by atoms with Gasteiger partial charge in [-0.15, -0.1) is 0 Å². The van der Waals surface area contributed by atoms with Crippen molar-refractivity contribution in [2.45, 2.75) is 40.0 Å². The first-order valence-electron chi connectivity index (χ1n) is 6.39. The van der Waals surface area contributed by atoms with Crippen molar-refractivity contribution >= 4 is 5.82 Å². The second kappa shape index (κ2) is 6.55. The predicted octanol–water partition coefficient (Wildman–Crippen LogP) is 2.08. The average molecular weight is 236 g/mol. The number of nitrogens with two attached hydrogens (primary N) is 1. The van der Waals surface area contributed by atoms with E-state index in [0.717, 1.165) is 36.8 Å². The molecule has 1 aromatic rings. The lowest BCUT2D eigenvalue weighted by Gasteiger charge is -2.23. The molecule has 0 bridgehead atoms. The third-order valence-electron chi connectivity index (χ3n) is 2.59. The van der Waals surface area contributed by atoms with E-state index in [1.165, 1.54) is 0 Å². The summed E-state index contributed by atoms with van der Waals surface area (Å²) in [5.41, 5.74) is 6.67. The van der Waals surface area contributed by atoms with Crippen LogP contribution in [0.1, 0.15) is 44.6 Å². The molecule has 96 valence electrons. The van der Waals surface area contributed by atoms with Crippen molar-refractivity contribution in [2.24, 2.45) is 5.73 Å². The second-order valence-corrected chi connectivity index (χ2v) is 4.66. The van der Waals surface area contributed by atoms with Gasteiger partial charge >= 0.3 is 0 Å². The summed E-state index contributed by atoms with van der Waals surface area (Å²) in [7, 11) is 0. The van der Waals surface area contributed by atoms with Crippen molar-refractivity contribution in [3.8, 4) is 0 Å². The van der Waals surface area contributed by atoms with Crippen LogP contribution in [0.25, 0.3) is 0 Å². The van der Waals surface area contributed by atoms with Gasteiger partial charge in [-0.2, -0.15) is 0 Å². The van der Waals surface area contributed by atoms with Crippen LogP contribution in [0, 0.1) is 6.92 Å². The van der Waals surface area contributed by atoms with Crippen LogP contribution in [0.3, 0.4) is 0 Å². The molecule has 0 fully saturated rings. The number of hydrogen-bond acceptors (Lipinski definition) is 4. The van der Waals surface area contributed by atoms with Crippen LogP contribution >= 0.6 is 0 Å². The molecule has 2 N–H and O–H groups in total. The summed E-state index contributed by atoms with van der Waals surface area (Å²) >= 11 is 0. The Morgan fingerprint density at radius 2 is 2.00 bits per heavy atom. The van der Waals surface area contributed by atoms with Gasteiger partial charge in [-0.05, 0) is 13.3 Å². The molecule has 4 nitrogen and oxygen atoms in total. The van der Waals surface area contributed by atoms with Crippen molar-refractivity contribution in [1.29, 1.82) is 0 Å². The normalized spacial score (nSPS) is 10.9. The smallest absolute Gasteiger partial charge is 0.133 e. The minimum atomic E-state index is 0.356. The molecule has 0 aliphatic carbocycles. The molecule has 0 spiro atoms. The molecule has 17 heavy (non-hydrogen) atoms. The zero-order valence-corrected chi connectivity index (χ0v) is 11.4. The lowest BCUT2D eigenvalue weighted by Crippen LogP contribution is -2.31. The van der Waals surface area contributed by atoms with Crippen LogP contribution in [0.5, 0.6) is 0 Å². The monoisotopic (exact) mass is 236 g/mol. The zero-order valence-electron chi connectivity index (χ0n) is 11.4. The van der Waals surface area contributed by atoms with Gasteiger partial charge < -0.3 is 10.6 Å². The first kappa shape index (κ1) is 13.9. The summed E-state index contributed by atoms with van der Waals surface area (Å²) < 4.78 is 0. The Morgan fingerprint density at radius 3 is 2.53 bits per heavy atom. The second-order valence-electron chi connectivity index (χ2n) is 4.66. The van der Waals surface area contributed by atoms with Gasteiger partial charge in [-0.25, -0.2) is 9.97 Å². The highest BCUT2D eigenvalue weighted by Gasteiger charge is 2.11. The molecule has 1 heterocycles. The molecule has 0 amide bonds. The maximum Gasteiger partial charge on any atom is 0.133 e. The van der Waals surface area contributed by atoms with Crippen molar-refractivity contribution in [3.63, 3.8) is 0 Å². The van der Waals surface area contributed by atoms with Gasteiger partial charge in [-0.1, -0.05) is 20.8 Å². The third kappa shape index (κ3) is 3.97.